The van der Waals surface area contributed by atoms with Crippen LogP contribution in [-0.2, 0) is 7.05 Å². The zero-order chi connectivity index (χ0) is 14.4. The third kappa shape index (κ3) is 1.73. The van der Waals surface area contributed by atoms with Gasteiger partial charge in [-0.15, -0.1) is 0 Å². The summed E-state index contributed by atoms with van der Waals surface area (Å²) >= 11 is 0. The maximum atomic E-state index is 12.0. The number of rotatable bonds is 1. The van der Waals surface area contributed by atoms with Crippen LogP contribution in [-0.4, -0.2) is 15.6 Å². The van der Waals surface area contributed by atoms with E-state index in [1.165, 1.54) is 11.6 Å². The minimum absolute atomic E-state index is 0.168. The molecular formula is C12H12N4O4. The second-order valence-electron chi connectivity index (χ2n) is 4.56. The van der Waals surface area contributed by atoms with Gasteiger partial charge in [0.2, 0.25) is 0 Å². The van der Waals surface area contributed by atoms with Gasteiger partial charge in [-0.2, -0.15) is 0 Å². The smallest absolute Gasteiger partial charge is 0.329 e. The topological polar surface area (TPSA) is 109 Å². The first-order valence-corrected chi connectivity index (χ1v) is 5.94. The first-order chi connectivity index (χ1) is 9.47. The summed E-state index contributed by atoms with van der Waals surface area (Å²) in [7, 11) is 1.47. The number of carbonyl (C=O) groups excluding carboxylic acids is 1. The number of amides is 2. The van der Waals surface area contributed by atoms with Gasteiger partial charge in [0.25, 0.3) is 5.56 Å². The van der Waals surface area contributed by atoms with Crippen LogP contribution >= 0.6 is 0 Å². The first-order valence-electron chi connectivity index (χ1n) is 5.94. The van der Waals surface area contributed by atoms with Gasteiger partial charge in [-0.25, -0.2) is 9.59 Å². The van der Waals surface area contributed by atoms with Crippen LogP contribution in [0.25, 0.3) is 0 Å². The Morgan fingerprint density at radius 2 is 2.00 bits per heavy atom. The second-order valence-corrected chi connectivity index (χ2v) is 4.56. The number of aromatic nitrogens is 2. The highest BCUT2D eigenvalue weighted by Gasteiger charge is 2.32. The fourth-order valence-corrected chi connectivity index (χ4v) is 2.23. The van der Waals surface area contributed by atoms with E-state index in [4.69, 9.17) is 4.42 Å². The molecule has 1 atom stereocenters. The van der Waals surface area contributed by atoms with Crippen molar-refractivity contribution in [3.63, 3.8) is 0 Å². The fourth-order valence-electron chi connectivity index (χ4n) is 2.23. The van der Waals surface area contributed by atoms with Gasteiger partial charge < -0.3 is 9.73 Å². The van der Waals surface area contributed by atoms with Crippen molar-refractivity contribution in [2.75, 3.05) is 5.32 Å². The molecule has 1 aliphatic rings. The standard InChI is InChI=1S/C12H12N4O4/c1-5-3-4-6(20-5)8-7-9(14-11(18)13-8)16(2)12(19)15-10(7)17/h3-4,8H,1-2H3,(H2,13,14,18)(H,15,17,19)/t8-/m1/s1. The lowest BCUT2D eigenvalue weighted by Crippen LogP contribution is -2.46. The van der Waals surface area contributed by atoms with Crippen LogP contribution in [0, 0.1) is 6.92 Å². The quantitative estimate of drug-likeness (QED) is 0.691. The maximum absolute atomic E-state index is 12.0. The largest absolute Gasteiger partial charge is 0.464 e. The van der Waals surface area contributed by atoms with E-state index >= 15 is 0 Å². The van der Waals surface area contributed by atoms with Crippen LogP contribution in [0.1, 0.15) is 23.1 Å². The van der Waals surface area contributed by atoms with Crippen molar-refractivity contribution in [3.05, 3.63) is 50.1 Å². The van der Waals surface area contributed by atoms with Crippen LogP contribution in [0.4, 0.5) is 10.6 Å². The van der Waals surface area contributed by atoms with Crippen molar-refractivity contribution in [1.82, 2.24) is 14.9 Å². The fraction of sp³-hybridized carbons (Fsp3) is 0.250. The van der Waals surface area contributed by atoms with E-state index in [9.17, 15) is 14.4 Å². The third-order valence-electron chi connectivity index (χ3n) is 3.20. The van der Waals surface area contributed by atoms with Crippen LogP contribution < -0.4 is 21.9 Å². The average molecular weight is 276 g/mol. The van der Waals surface area contributed by atoms with Gasteiger partial charge in [0.05, 0.1) is 5.56 Å². The Balaban J connectivity index is 2.27. The van der Waals surface area contributed by atoms with E-state index in [2.05, 4.69) is 15.6 Å². The van der Waals surface area contributed by atoms with Gasteiger partial charge in [-0.3, -0.25) is 19.7 Å². The van der Waals surface area contributed by atoms with Gasteiger partial charge in [-0.1, -0.05) is 0 Å². The van der Waals surface area contributed by atoms with Gasteiger partial charge in [0.15, 0.2) is 0 Å². The van der Waals surface area contributed by atoms with Gasteiger partial charge >= 0.3 is 11.7 Å². The van der Waals surface area contributed by atoms with Crippen LogP contribution in [0.2, 0.25) is 0 Å². The number of anilines is 1. The number of hydrogen-bond donors (Lipinski definition) is 3. The summed E-state index contributed by atoms with van der Waals surface area (Å²) in [6, 6.07) is 2.18. The predicted octanol–water partition coefficient (Wildman–Crippen LogP) is 0.200. The number of carbonyl (C=O) groups is 1. The lowest BCUT2D eigenvalue weighted by molar-refractivity contribution is 0.246. The Kier molecular flexibility index (Phi) is 2.53. The van der Waals surface area contributed by atoms with Crippen molar-refractivity contribution >= 4 is 11.8 Å². The van der Waals surface area contributed by atoms with E-state index in [0.717, 1.165) is 0 Å². The highest BCUT2D eigenvalue weighted by molar-refractivity contribution is 5.92. The molecule has 0 unspecified atom stereocenters. The summed E-state index contributed by atoms with van der Waals surface area (Å²) in [5.74, 6) is 1.26. The number of aromatic amines is 1. The molecule has 2 aromatic heterocycles. The molecule has 3 N–H and O–H groups in total. The molecule has 2 aromatic rings. The Bertz CT molecular complexity index is 814. The van der Waals surface area contributed by atoms with Crippen molar-refractivity contribution in [2.45, 2.75) is 13.0 Å². The molecule has 0 spiro atoms. The summed E-state index contributed by atoms with van der Waals surface area (Å²) < 4.78 is 6.65. The number of H-pyrrole nitrogens is 1. The molecule has 0 aliphatic carbocycles. The molecule has 20 heavy (non-hydrogen) atoms. The monoisotopic (exact) mass is 276 g/mol. The van der Waals surface area contributed by atoms with Crippen molar-refractivity contribution in [2.24, 2.45) is 7.05 Å². The van der Waals surface area contributed by atoms with E-state index in [0.29, 0.717) is 11.5 Å². The molecule has 104 valence electrons. The maximum Gasteiger partial charge on any atom is 0.329 e. The Labute approximate surface area is 112 Å². The number of nitrogens with one attached hydrogen (secondary N) is 3. The molecule has 8 nitrogen and oxygen atoms in total. The van der Waals surface area contributed by atoms with Gasteiger partial charge in [0.1, 0.15) is 23.4 Å². The van der Waals surface area contributed by atoms with Crippen molar-refractivity contribution < 1.29 is 9.21 Å². The molecule has 8 heteroatoms. The molecule has 1 aliphatic heterocycles. The summed E-state index contributed by atoms with van der Waals surface area (Å²) in [5.41, 5.74) is -0.916. The van der Waals surface area contributed by atoms with Crippen LogP contribution in [0.15, 0.2) is 26.1 Å². The van der Waals surface area contributed by atoms with E-state index < -0.39 is 23.3 Å². The number of aryl methyl sites for hydroxylation is 1. The molecule has 0 radical (unpaired) electrons. The van der Waals surface area contributed by atoms with Gasteiger partial charge in [-0.05, 0) is 19.1 Å². The summed E-state index contributed by atoms with van der Waals surface area (Å²) in [6.45, 7) is 1.76. The number of furan rings is 1. The van der Waals surface area contributed by atoms with E-state index in [1.54, 1.807) is 19.1 Å². The lowest BCUT2D eigenvalue weighted by Gasteiger charge is -2.26. The van der Waals surface area contributed by atoms with Crippen molar-refractivity contribution in [1.29, 1.82) is 0 Å². The van der Waals surface area contributed by atoms with E-state index in [1.807, 2.05) is 0 Å². The SMILES string of the molecule is Cc1ccc([C@H]2NC(=O)Nc3c2c(=O)[nH]c(=O)n3C)o1. The zero-order valence-electron chi connectivity index (χ0n) is 10.8. The van der Waals surface area contributed by atoms with Crippen LogP contribution in [0.5, 0.6) is 0 Å². The molecule has 0 aromatic carbocycles. The molecule has 0 fully saturated rings. The summed E-state index contributed by atoms with van der Waals surface area (Å²) in [6.07, 6.45) is 0. The molecule has 0 saturated heterocycles. The third-order valence-corrected chi connectivity index (χ3v) is 3.20. The predicted molar refractivity (Wildman–Crippen MR) is 69.7 cm³/mol. The molecule has 2 amide bonds. The van der Waals surface area contributed by atoms with Crippen molar-refractivity contribution in [3.8, 4) is 0 Å². The summed E-state index contributed by atoms with van der Waals surface area (Å²) in [5, 5.41) is 5.08. The highest BCUT2D eigenvalue weighted by atomic mass is 16.3. The Hall–Kier alpha value is -2.77. The Morgan fingerprint density at radius 3 is 2.65 bits per heavy atom. The highest BCUT2D eigenvalue weighted by Crippen LogP contribution is 2.28. The zero-order valence-corrected chi connectivity index (χ0v) is 10.8. The average Bonchev–Trinajstić information content (AvgIpc) is 2.81. The second kappa shape index (κ2) is 4.12. The number of nitrogens with zero attached hydrogens (tertiary/aromatic N) is 1. The number of fused-ring (bicyclic) bond motifs is 1. The molecule has 0 saturated carbocycles. The lowest BCUT2D eigenvalue weighted by atomic mass is 10.1. The van der Waals surface area contributed by atoms with Gasteiger partial charge in [0, 0.05) is 7.05 Å². The summed E-state index contributed by atoms with van der Waals surface area (Å²) in [4.78, 5) is 37.5. The van der Waals surface area contributed by atoms with Crippen LogP contribution in [0.3, 0.4) is 0 Å². The Morgan fingerprint density at radius 1 is 1.25 bits per heavy atom. The minimum atomic E-state index is -0.733. The normalized spacial score (nSPS) is 17.3. The van der Waals surface area contributed by atoms with E-state index in [-0.39, 0.29) is 11.4 Å². The number of hydrogen-bond acceptors (Lipinski definition) is 4. The first kappa shape index (κ1) is 12.3. The molecule has 0 bridgehead atoms. The molecular weight excluding hydrogens is 264 g/mol. The number of urea groups is 1. The molecule has 3 heterocycles. The molecule has 3 rings (SSSR count). The minimum Gasteiger partial charge on any atom is -0.464 e.